The number of nitrogens with one attached hydrogen (secondary N) is 1. The first-order chi connectivity index (χ1) is 12.5. The van der Waals surface area contributed by atoms with Gasteiger partial charge in [-0.15, -0.1) is 0 Å². The number of nitrogens with zero attached hydrogens (tertiary/aromatic N) is 1. The molecule has 0 atom stereocenters. The third-order valence-electron chi connectivity index (χ3n) is 3.69. The predicted octanol–water partition coefficient (Wildman–Crippen LogP) is 3.78. The molecule has 5 nitrogen and oxygen atoms in total. The molecular weight excluding hydrogens is 342 g/mol. The fourth-order valence-electron chi connectivity index (χ4n) is 2.35. The molecule has 140 valence electrons. The maximum absolute atomic E-state index is 12.2. The third kappa shape index (κ3) is 6.33. The molecule has 0 aromatic heterocycles. The number of halogens is 2. The normalized spacial score (nSPS) is 10.7. The Balaban J connectivity index is 1.81. The highest BCUT2D eigenvalue weighted by molar-refractivity contribution is 5.73. The molecule has 0 bridgehead atoms. The molecule has 2 aromatic carbocycles. The minimum Gasteiger partial charge on any atom is -0.435 e. The number of hydrogen-bond donors (Lipinski definition) is 1. The molecule has 0 spiro atoms. The van der Waals surface area contributed by atoms with E-state index in [2.05, 4.69) is 10.1 Å². The van der Waals surface area contributed by atoms with Gasteiger partial charge in [0, 0.05) is 27.2 Å². The standard InChI is InChI=1S/C19H22F2N2O3/c1-23(12-15-7-9-17(10-8-15)26-18(20)21)19(24)22-11-14-3-5-16(6-4-14)13-25-2/h3-10,18H,11-13H2,1-2H3,(H,22,24). The van der Waals surface area contributed by atoms with E-state index in [1.165, 1.54) is 17.0 Å². The second-order valence-electron chi connectivity index (χ2n) is 5.79. The zero-order valence-corrected chi connectivity index (χ0v) is 14.7. The van der Waals surface area contributed by atoms with Gasteiger partial charge >= 0.3 is 12.6 Å². The first kappa shape index (κ1) is 19.7. The lowest BCUT2D eigenvalue weighted by atomic mass is 10.1. The number of ether oxygens (including phenoxy) is 2. The Morgan fingerprint density at radius 3 is 2.19 bits per heavy atom. The monoisotopic (exact) mass is 364 g/mol. The van der Waals surface area contributed by atoms with Crippen LogP contribution in [-0.4, -0.2) is 31.7 Å². The molecule has 2 rings (SSSR count). The van der Waals surface area contributed by atoms with Crippen LogP contribution in [0.2, 0.25) is 0 Å². The lowest BCUT2D eigenvalue weighted by Crippen LogP contribution is -2.36. The topological polar surface area (TPSA) is 50.8 Å². The number of carbonyl (C=O) groups excluding carboxylic acids is 1. The Kier molecular flexibility index (Phi) is 7.35. The molecule has 0 heterocycles. The van der Waals surface area contributed by atoms with Crippen LogP contribution in [0.5, 0.6) is 5.75 Å². The van der Waals surface area contributed by atoms with Gasteiger partial charge in [-0.1, -0.05) is 36.4 Å². The molecule has 0 saturated heterocycles. The minimum absolute atomic E-state index is 0.0905. The van der Waals surface area contributed by atoms with E-state index < -0.39 is 6.61 Å². The maximum atomic E-state index is 12.2. The average Bonchev–Trinajstić information content (AvgIpc) is 2.62. The van der Waals surface area contributed by atoms with Gasteiger partial charge in [-0.05, 0) is 28.8 Å². The van der Waals surface area contributed by atoms with Crippen LogP contribution in [0.25, 0.3) is 0 Å². The molecule has 0 fully saturated rings. The van der Waals surface area contributed by atoms with E-state index >= 15 is 0 Å². The molecule has 0 aliphatic rings. The second kappa shape index (κ2) is 9.72. The molecule has 0 aliphatic heterocycles. The van der Waals surface area contributed by atoms with Crippen LogP contribution in [0.4, 0.5) is 13.6 Å². The summed E-state index contributed by atoms with van der Waals surface area (Å²) in [4.78, 5) is 13.7. The molecule has 2 amide bonds. The Bertz CT molecular complexity index is 691. The highest BCUT2D eigenvalue weighted by Gasteiger charge is 2.10. The van der Waals surface area contributed by atoms with Crippen LogP contribution < -0.4 is 10.1 Å². The maximum Gasteiger partial charge on any atom is 0.387 e. The number of amides is 2. The van der Waals surface area contributed by atoms with Crippen molar-refractivity contribution in [2.45, 2.75) is 26.3 Å². The highest BCUT2D eigenvalue weighted by Crippen LogP contribution is 2.15. The summed E-state index contributed by atoms with van der Waals surface area (Å²) in [5, 5.41) is 2.84. The predicted molar refractivity (Wildman–Crippen MR) is 93.9 cm³/mol. The van der Waals surface area contributed by atoms with E-state index in [0.717, 1.165) is 16.7 Å². The van der Waals surface area contributed by atoms with Crippen molar-refractivity contribution in [1.29, 1.82) is 0 Å². The van der Waals surface area contributed by atoms with Crippen LogP contribution in [0, 0.1) is 0 Å². The van der Waals surface area contributed by atoms with Crippen molar-refractivity contribution in [3.63, 3.8) is 0 Å². The van der Waals surface area contributed by atoms with Crippen LogP contribution in [-0.2, 0) is 24.4 Å². The van der Waals surface area contributed by atoms with Crippen molar-refractivity contribution in [3.05, 3.63) is 65.2 Å². The summed E-state index contributed by atoms with van der Waals surface area (Å²) in [6, 6.07) is 13.8. The molecule has 0 saturated carbocycles. The zero-order chi connectivity index (χ0) is 18.9. The molecule has 26 heavy (non-hydrogen) atoms. The Labute approximate surface area is 151 Å². The van der Waals surface area contributed by atoms with Gasteiger partial charge in [-0.2, -0.15) is 8.78 Å². The van der Waals surface area contributed by atoms with E-state index in [1.807, 2.05) is 24.3 Å². The van der Waals surface area contributed by atoms with Crippen molar-refractivity contribution in [2.75, 3.05) is 14.2 Å². The van der Waals surface area contributed by atoms with Crippen molar-refractivity contribution in [1.82, 2.24) is 10.2 Å². The first-order valence-corrected chi connectivity index (χ1v) is 8.07. The number of benzene rings is 2. The lowest BCUT2D eigenvalue weighted by Gasteiger charge is -2.18. The van der Waals surface area contributed by atoms with Crippen LogP contribution in [0.15, 0.2) is 48.5 Å². The van der Waals surface area contributed by atoms with Gasteiger partial charge in [0.25, 0.3) is 0 Å². The van der Waals surface area contributed by atoms with Gasteiger partial charge in [-0.25, -0.2) is 4.79 Å². The fourth-order valence-corrected chi connectivity index (χ4v) is 2.35. The largest absolute Gasteiger partial charge is 0.435 e. The summed E-state index contributed by atoms with van der Waals surface area (Å²) in [6.07, 6.45) is 0. The van der Waals surface area contributed by atoms with Crippen LogP contribution in [0.1, 0.15) is 16.7 Å². The summed E-state index contributed by atoms with van der Waals surface area (Å²) in [7, 11) is 3.31. The minimum atomic E-state index is -2.85. The number of carbonyl (C=O) groups is 1. The number of alkyl halides is 2. The Hall–Kier alpha value is -2.67. The highest BCUT2D eigenvalue weighted by atomic mass is 19.3. The molecular formula is C19H22F2N2O3. The van der Waals surface area contributed by atoms with E-state index in [4.69, 9.17) is 4.74 Å². The second-order valence-corrected chi connectivity index (χ2v) is 5.79. The van der Waals surface area contributed by atoms with Crippen molar-refractivity contribution < 1.29 is 23.0 Å². The summed E-state index contributed by atoms with van der Waals surface area (Å²) in [5.74, 6) is 0.0905. The van der Waals surface area contributed by atoms with Crippen molar-refractivity contribution in [2.24, 2.45) is 0 Å². The Morgan fingerprint density at radius 1 is 1.04 bits per heavy atom. The van der Waals surface area contributed by atoms with Gasteiger partial charge < -0.3 is 19.7 Å². The van der Waals surface area contributed by atoms with E-state index in [-0.39, 0.29) is 11.8 Å². The summed E-state index contributed by atoms with van der Waals surface area (Å²) in [6.45, 7) is -1.53. The summed E-state index contributed by atoms with van der Waals surface area (Å²) >= 11 is 0. The number of urea groups is 1. The quantitative estimate of drug-likeness (QED) is 0.776. The van der Waals surface area contributed by atoms with E-state index in [9.17, 15) is 13.6 Å². The number of rotatable bonds is 8. The van der Waals surface area contributed by atoms with E-state index in [0.29, 0.717) is 19.7 Å². The van der Waals surface area contributed by atoms with Crippen molar-refractivity contribution in [3.8, 4) is 5.75 Å². The van der Waals surface area contributed by atoms with Gasteiger partial charge in [0.2, 0.25) is 0 Å². The molecule has 1 N–H and O–H groups in total. The molecule has 7 heteroatoms. The number of hydrogen-bond acceptors (Lipinski definition) is 3. The third-order valence-corrected chi connectivity index (χ3v) is 3.69. The van der Waals surface area contributed by atoms with Crippen LogP contribution >= 0.6 is 0 Å². The summed E-state index contributed by atoms with van der Waals surface area (Å²) in [5.41, 5.74) is 2.87. The van der Waals surface area contributed by atoms with Gasteiger partial charge in [0.05, 0.1) is 6.61 Å². The molecule has 0 radical (unpaired) electrons. The Morgan fingerprint density at radius 2 is 1.62 bits per heavy atom. The zero-order valence-electron chi connectivity index (χ0n) is 14.7. The summed E-state index contributed by atoms with van der Waals surface area (Å²) < 4.78 is 33.6. The van der Waals surface area contributed by atoms with Gasteiger partial charge in [0.15, 0.2) is 0 Å². The van der Waals surface area contributed by atoms with Crippen molar-refractivity contribution >= 4 is 6.03 Å². The van der Waals surface area contributed by atoms with Crippen LogP contribution in [0.3, 0.4) is 0 Å². The average molecular weight is 364 g/mol. The SMILES string of the molecule is COCc1ccc(CNC(=O)N(C)Cc2ccc(OC(F)F)cc2)cc1. The van der Waals surface area contributed by atoms with E-state index in [1.54, 1.807) is 26.3 Å². The molecule has 2 aromatic rings. The first-order valence-electron chi connectivity index (χ1n) is 8.07. The smallest absolute Gasteiger partial charge is 0.387 e. The number of methoxy groups -OCH3 is 1. The fraction of sp³-hybridized carbons (Fsp3) is 0.316. The van der Waals surface area contributed by atoms with Gasteiger partial charge in [-0.3, -0.25) is 0 Å². The molecule has 0 aliphatic carbocycles. The van der Waals surface area contributed by atoms with Gasteiger partial charge in [0.1, 0.15) is 5.75 Å². The molecule has 0 unspecified atom stereocenters. The lowest BCUT2D eigenvalue weighted by molar-refractivity contribution is -0.0498.